The second kappa shape index (κ2) is 5.25. The van der Waals surface area contributed by atoms with Crippen LogP contribution in [0.4, 0.5) is 0 Å². The van der Waals surface area contributed by atoms with E-state index >= 15 is 0 Å². The number of alkyl halides is 1. The van der Waals surface area contributed by atoms with Crippen molar-refractivity contribution >= 4 is 21.8 Å². The minimum absolute atomic E-state index is 0.118. The molecule has 0 spiro atoms. The molecular weight excluding hydrogens is 282 g/mol. The third-order valence-corrected chi connectivity index (χ3v) is 4.31. The highest BCUT2D eigenvalue weighted by atomic mass is 79.9. The summed E-state index contributed by atoms with van der Waals surface area (Å²) in [7, 11) is 0. The Morgan fingerprint density at radius 2 is 2.12 bits per heavy atom. The van der Waals surface area contributed by atoms with Gasteiger partial charge in [0.25, 0.3) is 5.91 Å². The van der Waals surface area contributed by atoms with E-state index in [2.05, 4.69) is 15.9 Å². The molecule has 1 amide bonds. The fraction of sp³-hybridized carbons (Fsp3) is 0.615. The zero-order valence-electron chi connectivity index (χ0n) is 10.3. The standard InChI is InChI=1S/C13H18BrNO2/c1-9-7-12(10(2)17-9)13(16)15-5-3-11(8-14)4-6-15/h7,11H,3-6,8H2,1-2H3. The van der Waals surface area contributed by atoms with E-state index in [1.54, 1.807) is 0 Å². The van der Waals surface area contributed by atoms with Crippen LogP contribution in [0.15, 0.2) is 10.5 Å². The van der Waals surface area contributed by atoms with Crippen molar-refractivity contribution in [3.8, 4) is 0 Å². The van der Waals surface area contributed by atoms with Crippen LogP contribution < -0.4 is 0 Å². The number of rotatable bonds is 2. The van der Waals surface area contributed by atoms with Gasteiger partial charge in [-0.05, 0) is 38.7 Å². The SMILES string of the molecule is Cc1cc(C(=O)N2CCC(CBr)CC2)c(C)o1. The molecule has 0 aromatic carbocycles. The number of carbonyl (C=O) groups is 1. The zero-order valence-corrected chi connectivity index (χ0v) is 11.9. The summed E-state index contributed by atoms with van der Waals surface area (Å²) in [5, 5.41) is 1.04. The highest BCUT2D eigenvalue weighted by Crippen LogP contribution is 2.22. The van der Waals surface area contributed by atoms with Gasteiger partial charge in [0.2, 0.25) is 0 Å². The quantitative estimate of drug-likeness (QED) is 0.786. The molecule has 0 unspecified atom stereocenters. The fourth-order valence-corrected chi connectivity index (χ4v) is 2.95. The van der Waals surface area contributed by atoms with Crippen LogP contribution in [-0.2, 0) is 0 Å². The van der Waals surface area contributed by atoms with Crippen molar-refractivity contribution in [2.45, 2.75) is 26.7 Å². The molecule has 1 fully saturated rings. The van der Waals surface area contributed by atoms with Gasteiger partial charge in [0.05, 0.1) is 5.56 Å². The first-order valence-electron chi connectivity index (χ1n) is 6.04. The van der Waals surface area contributed by atoms with Gasteiger partial charge in [-0.2, -0.15) is 0 Å². The lowest BCUT2D eigenvalue weighted by Gasteiger charge is -2.31. The smallest absolute Gasteiger partial charge is 0.257 e. The molecule has 0 radical (unpaired) electrons. The molecule has 0 atom stereocenters. The van der Waals surface area contributed by atoms with Crippen LogP contribution in [-0.4, -0.2) is 29.2 Å². The van der Waals surface area contributed by atoms with E-state index in [9.17, 15) is 4.79 Å². The molecule has 1 saturated heterocycles. The number of hydrogen-bond acceptors (Lipinski definition) is 2. The number of piperidine rings is 1. The Morgan fingerprint density at radius 1 is 1.47 bits per heavy atom. The van der Waals surface area contributed by atoms with Gasteiger partial charge < -0.3 is 9.32 Å². The third kappa shape index (κ3) is 2.73. The number of nitrogens with zero attached hydrogens (tertiary/aromatic N) is 1. The van der Waals surface area contributed by atoms with Crippen molar-refractivity contribution in [3.05, 3.63) is 23.2 Å². The Hall–Kier alpha value is -0.770. The normalized spacial score (nSPS) is 17.5. The molecule has 0 aliphatic carbocycles. The molecule has 94 valence electrons. The first kappa shape index (κ1) is 12.7. The highest BCUT2D eigenvalue weighted by Gasteiger charge is 2.25. The van der Waals surface area contributed by atoms with Crippen LogP contribution in [0.1, 0.15) is 34.7 Å². The molecule has 2 rings (SSSR count). The lowest BCUT2D eigenvalue weighted by Crippen LogP contribution is -2.38. The van der Waals surface area contributed by atoms with Crippen LogP contribution in [0.2, 0.25) is 0 Å². The maximum Gasteiger partial charge on any atom is 0.257 e. The third-order valence-electron chi connectivity index (χ3n) is 3.39. The molecule has 1 aromatic heterocycles. The number of hydrogen-bond donors (Lipinski definition) is 0. The summed E-state index contributed by atoms with van der Waals surface area (Å²) < 4.78 is 5.41. The summed E-state index contributed by atoms with van der Waals surface area (Å²) in [5.41, 5.74) is 0.722. The van der Waals surface area contributed by atoms with Gasteiger partial charge in [0, 0.05) is 18.4 Å². The van der Waals surface area contributed by atoms with Crippen molar-refractivity contribution in [2.24, 2.45) is 5.92 Å². The maximum absolute atomic E-state index is 12.3. The summed E-state index contributed by atoms with van der Waals surface area (Å²) in [6, 6.07) is 1.84. The second-order valence-electron chi connectivity index (χ2n) is 4.72. The average Bonchev–Trinajstić information content (AvgIpc) is 2.68. The van der Waals surface area contributed by atoms with E-state index in [1.165, 1.54) is 0 Å². The number of likely N-dealkylation sites (tertiary alicyclic amines) is 1. The van der Waals surface area contributed by atoms with Gasteiger partial charge in [-0.25, -0.2) is 0 Å². The van der Waals surface area contributed by atoms with Crippen LogP contribution in [0.5, 0.6) is 0 Å². The summed E-state index contributed by atoms with van der Waals surface area (Å²) >= 11 is 3.51. The van der Waals surface area contributed by atoms with E-state index in [0.717, 1.165) is 48.3 Å². The van der Waals surface area contributed by atoms with E-state index < -0.39 is 0 Å². The van der Waals surface area contributed by atoms with E-state index in [4.69, 9.17) is 4.42 Å². The number of carbonyl (C=O) groups excluding carboxylic acids is 1. The molecule has 0 saturated carbocycles. The van der Waals surface area contributed by atoms with Gasteiger partial charge in [-0.1, -0.05) is 15.9 Å². The minimum Gasteiger partial charge on any atom is -0.466 e. The monoisotopic (exact) mass is 299 g/mol. The van der Waals surface area contributed by atoms with Crippen LogP contribution in [0, 0.1) is 19.8 Å². The molecule has 0 N–H and O–H groups in total. The predicted molar refractivity (Wildman–Crippen MR) is 70.6 cm³/mol. The van der Waals surface area contributed by atoms with Crippen molar-refractivity contribution in [1.29, 1.82) is 0 Å². The predicted octanol–water partition coefficient (Wildman–Crippen LogP) is 3.14. The van der Waals surface area contributed by atoms with Gasteiger partial charge in [-0.3, -0.25) is 4.79 Å². The minimum atomic E-state index is 0.118. The summed E-state index contributed by atoms with van der Waals surface area (Å²) in [5.74, 6) is 2.37. The van der Waals surface area contributed by atoms with E-state index in [0.29, 0.717) is 5.92 Å². The highest BCUT2D eigenvalue weighted by molar-refractivity contribution is 9.09. The van der Waals surface area contributed by atoms with E-state index in [-0.39, 0.29) is 5.91 Å². The molecule has 0 bridgehead atoms. The van der Waals surface area contributed by atoms with Crippen molar-refractivity contribution in [3.63, 3.8) is 0 Å². The Balaban J connectivity index is 2.04. The fourth-order valence-electron chi connectivity index (χ4n) is 2.30. The Labute approximate surface area is 110 Å². The molecular formula is C13H18BrNO2. The summed E-state index contributed by atoms with van der Waals surface area (Å²) in [6.45, 7) is 5.45. The number of furan rings is 1. The van der Waals surface area contributed by atoms with Crippen molar-refractivity contribution < 1.29 is 9.21 Å². The lowest BCUT2D eigenvalue weighted by atomic mass is 9.98. The van der Waals surface area contributed by atoms with Crippen LogP contribution in [0.25, 0.3) is 0 Å². The number of halogens is 1. The Morgan fingerprint density at radius 3 is 2.59 bits per heavy atom. The average molecular weight is 300 g/mol. The van der Waals surface area contributed by atoms with Gasteiger partial charge in [-0.15, -0.1) is 0 Å². The number of aryl methyl sites for hydroxylation is 2. The Kier molecular flexibility index (Phi) is 3.92. The molecule has 4 heteroatoms. The largest absolute Gasteiger partial charge is 0.466 e. The topological polar surface area (TPSA) is 33.5 Å². The van der Waals surface area contributed by atoms with Gasteiger partial charge in [0.15, 0.2) is 0 Å². The van der Waals surface area contributed by atoms with E-state index in [1.807, 2.05) is 24.8 Å². The molecule has 1 aliphatic rings. The first-order valence-corrected chi connectivity index (χ1v) is 7.16. The second-order valence-corrected chi connectivity index (χ2v) is 5.36. The van der Waals surface area contributed by atoms with Crippen LogP contribution in [0.3, 0.4) is 0 Å². The Bertz CT molecular complexity index is 406. The molecule has 1 aliphatic heterocycles. The molecule has 17 heavy (non-hydrogen) atoms. The zero-order chi connectivity index (χ0) is 12.4. The van der Waals surface area contributed by atoms with Gasteiger partial charge >= 0.3 is 0 Å². The molecule has 1 aromatic rings. The lowest BCUT2D eigenvalue weighted by molar-refractivity contribution is 0.0697. The summed E-state index contributed by atoms with van der Waals surface area (Å²) in [6.07, 6.45) is 2.18. The van der Waals surface area contributed by atoms with Crippen molar-refractivity contribution in [2.75, 3.05) is 18.4 Å². The number of amides is 1. The van der Waals surface area contributed by atoms with Crippen LogP contribution >= 0.6 is 15.9 Å². The summed E-state index contributed by atoms with van der Waals surface area (Å²) in [4.78, 5) is 14.2. The molecule has 3 nitrogen and oxygen atoms in total. The maximum atomic E-state index is 12.3. The van der Waals surface area contributed by atoms with Crippen molar-refractivity contribution in [1.82, 2.24) is 4.90 Å². The molecule has 2 heterocycles. The first-order chi connectivity index (χ1) is 8.11. The van der Waals surface area contributed by atoms with Gasteiger partial charge in [0.1, 0.15) is 11.5 Å².